The van der Waals surface area contributed by atoms with Crippen LogP contribution in [0.3, 0.4) is 0 Å². The number of piperazine rings is 1. The first-order valence-corrected chi connectivity index (χ1v) is 6.32. The number of nitrogens with zero attached hydrogens (tertiary/aromatic N) is 1. The van der Waals surface area contributed by atoms with E-state index in [1.54, 1.807) is 7.11 Å². The van der Waals surface area contributed by atoms with Gasteiger partial charge in [-0.1, -0.05) is 12.1 Å². The number of hydrogen-bond acceptors (Lipinski definition) is 3. The molecule has 18 heavy (non-hydrogen) atoms. The van der Waals surface area contributed by atoms with Gasteiger partial charge in [0.25, 0.3) is 5.91 Å². The molecule has 98 valence electrons. The Hall–Kier alpha value is -1.55. The van der Waals surface area contributed by atoms with Crippen LogP contribution in [-0.4, -0.2) is 43.1 Å². The van der Waals surface area contributed by atoms with Crippen LogP contribution in [0.2, 0.25) is 0 Å². The molecule has 1 heterocycles. The number of amides is 1. The molecule has 2 rings (SSSR count). The predicted octanol–water partition coefficient (Wildman–Crippen LogP) is 1.52. The minimum Gasteiger partial charge on any atom is -0.496 e. The summed E-state index contributed by atoms with van der Waals surface area (Å²) in [5.41, 5.74) is 0.640. The maximum Gasteiger partial charge on any atom is 0.257 e. The Balaban J connectivity index is 2.25. The van der Waals surface area contributed by atoms with E-state index < -0.39 is 0 Å². The first kappa shape index (κ1) is 12.9. The van der Waals surface area contributed by atoms with Crippen molar-refractivity contribution in [2.45, 2.75) is 25.9 Å². The smallest absolute Gasteiger partial charge is 0.257 e. The molecule has 1 aromatic rings. The Labute approximate surface area is 108 Å². The third-order valence-corrected chi connectivity index (χ3v) is 3.63. The fourth-order valence-corrected chi connectivity index (χ4v) is 2.32. The zero-order valence-electron chi connectivity index (χ0n) is 11.1. The van der Waals surface area contributed by atoms with Gasteiger partial charge in [0.15, 0.2) is 0 Å². The highest BCUT2D eigenvalue weighted by molar-refractivity contribution is 5.97. The second-order valence-corrected chi connectivity index (χ2v) is 4.68. The van der Waals surface area contributed by atoms with E-state index in [9.17, 15) is 4.79 Å². The standard InChI is InChI=1S/C14H20N2O2/c1-10-11(2)16(9-8-15-10)14(17)12-6-4-5-7-13(12)18-3/h4-7,10-11,15H,8-9H2,1-3H3. The maximum absolute atomic E-state index is 12.6. The van der Waals surface area contributed by atoms with Gasteiger partial charge in [0, 0.05) is 25.2 Å². The van der Waals surface area contributed by atoms with Gasteiger partial charge in [-0.3, -0.25) is 4.79 Å². The van der Waals surface area contributed by atoms with Gasteiger partial charge in [0.1, 0.15) is 5.75 Å². The molecule has 2 atom stereocenters. The number of ether oxygens (including phenoxy) is 1. The number of methoxy groups -OCH3 is 1. The number of benzene rings is 1. The van der Waals surface area contributed by atoms with E-state index >= 15 is 0 Å². The molecule has 0 aliphatic carbocycles. The second-order valence-electron chi connectivity index (χ2n) is 4.68. The molecular weight excluding hydrogens is 228 g/mol. The summed E-state index contributed by atoms with van der Waals surface area (Å²) in [5, 5.41) is 3.37. The van der Waals surface area contributed by atoms with Crippen LogP contribution in [0.15, 0.2) is 24.3 Å². The lowest BCUT2D eigenvalue weighted by molar-refractivity contribution is 0.0599. The minimum absolute atomic E-state index is 0.0494. The first-order chi connectivity index (χ1) is 8.65. The zero-order valence-corrected chi connectivity index (χ0v) is 11.1. The number of para-hydroxylation sites is 1. The van der Waals surface area contributed by atoms with Crippen molar-refractivity contribution < 1.29 is 9.53 Å². The largest absolute Gasteiger partial charge is 0.496 e. The van der Waals surface area contributed by atoms with Crippen molar-refractivity contribution in [1.82, 2.24) is 10.2 Å². The maximum atomic E-state index is 12.6. The summed E-state index contributed by atoms with van der Waals surface area (Å²) in [6, 6.07) is 7.89. The minimum atomic E-state index is 0.0494. The molecule has 1 amide bonds. The molecule has 4 heteroatoms. The fraction of sp³-hybridized carbons (Fsp3) is 0.500. The number of carbonyl (C=O) groups excluding carboxylic acids is 1. The van der Waals surface area contributed by atoms with E-state index in [1.165, 1.54) is 0 Å². The third-order valence-electron chi connectivity index (χ3n) is 3.63. The Morgan fingerprint density at radius 1 is 1.39 bits per heavy atom. The molecular formula is C14H20N2O2. The second kappa shape index (κ2) is 5.40. The number of hydrogen-bond donors (Lipinski definition) is 1. The average molecular weight is 248 g/mol. The van der Waals surface area contributed by atoms with Crippen molar-refractivity contribution in [1.29, 1.82) is 0 Å². The summed E-state index contributed by atoms with van der Waals surface area (Å²) in [6.45, 7) is 5.76. The predicted molar refractivity (Wildman–Crippen MR) is 71.0 cm³/mol. The molecule has 0 bridgehead atoms. The van der Waals surface area contributed by atoms with Crippen molar-refractivity contribution in [3.63, 3.8) is 0 Å². The van der Waals surface area contributed by atoms with E-state index in [1.807, 2.05) is 29.2 Å². The van der Waals surface area contributed by atoms with Gasteiger partial charge in [-0.05, 0) is 26.0 Å². The van der Waals surface area contributed by atoms with Crippen LogP contribution >= 0.6 is 0 Å². The molecule has 1 N–H and O–H groups in total. The Morgan fingerprint density at radius 2 is 2.11 bits per heavy atom. The van der Waals surface area contributed by atoms with E-state index in [-0.39, 0.29) is 11.9 Å². The van der Waals surface area contributed by atoms with Crippen molar-refractivity contribution in [2.75, 3.05) is 20.2 Å². The van der Waals surface area contributed by atoms with Gasteiger partial charge < -0.3 is 15.0 Å². The Morgan fingerprint density at radius 3 is 2.83 bits per heavy atom. The van der Waals surface area contributed by atoms with E-state index in [4.69, 9.17) is 4.74 Å². The molecule has 0 spiro atoms. The molecule has 1 aliphatic heterocycles. The van der Waals surface area contributed by atoms with Gasteiger partial charge in [0.2, 0.25) is 0 Å². The molecule has 0 saturated carbocycles. The van der Waals surface area contributed by atoms with Gasteiger partial charge in [-0.25, -0.2) is 0 Å². The van der Waals surface area contributed by atoms with E-state index in [0.717, 1.165) is 13.1 Å². The molecule has 1 saturated heterocycles. The Kier molecular flexibility index (Phi) is 3.87. The number of rotatable bonds is 2. The van der Waals surface area contributed by atoms with Crippen molar-refractivity contribution in [2.24, 2.45) is 0 Å². The monoisotopic (exact) mass is 248 g/mol. The van der Waals surface area contributed by atoms with Crippen LogP contribution in [0.4, 0.5) is 0 Å². The van der Waals surface area contributed by atoms with Gasteiger partial charge in [-0.15, -0.1) is 0 Å². The topological polar surface area (TPSA) is 41.6 Å². The van der Waals surface area contributed by atoms with Crippen LogP contribution < -0.4 is 10.1 Å². The molecule has 0 aromatic heterocycles. The van der Waals surface area contributed by atoms with Crippen LogP contribution in [0, 0.1) is 0 Å². The van der Waals surface area contributed by atoms with Crippen molar-refractivity contribution >= 4 is 5.91 Å². The van der Waals surface area contributed by atoms with E-state index in [0.29, 0.717) is 17.4 Å². The Bertz CT molecular complexity index is 434. The van der Waals surface area contributed by atoms with Gasteiger partial charge >= 0.3 is 0 Å². The summed E-state index contributed by atoms with van der Waals surface area (Å²) in [4.78, 5) is 14.5. The lowest BCUT2D eigenvalue weighted by Crippen LogP contribution is -2.57. The van der Waals surface area contributed by atoms with Crippen LogP contribution in [0.5, 0.6) is 5.75 Å². The number of nitrogens with one attached hydrogen (secondary N) is 1. The normalized spacial score (nSPS) is 23.8. The molecule has 1 aliphatic rings. The SMILES string of the molecule is COc1ccccc1C(=O)N1CCNC(C)C1C. The van der Waals surface area contributed by atoms with Crippen molar-refractivity contribution in [3.8, 4) is 5.75 Å². The summed E-state index contributed by atoms with van der Waals surface area (Å²) in [6.07, 6.45) is 0. The third kappa shape index (κ3) is 2.34. The van der Waals surface area contributed by atoms with Gasteiger partial charge in [0.05, 0.1) is 12.7 Å². The van der Waals surface area contributed by atoms with Gasteiger partial charge in [-0.2, -0.15) is 0 Å². The lowest BCUT2D eigenvalue weighted by atomic mass is 10.0. The summed E-state index contributed by atoms with van der Waals surface area (Å²) in [5.74, 6) is 0.689. The van der Waals surface area contributed by atoms with Crippen LogP contribution in [0.1, 0.15) is 24.2 Å². The quantitative estimate of drug-likeness (QED) is 0.862. The highest BCUT2D eigenvalue weighted by Crippen LogP contribution is 2.21. The summed E-state index contributed by atoms with van der Waals surface area (Å²) >= 11 is 0. The lowest BCUT2D eigenvalue weighted by Gasteiger charge is -2.38. The highest BCUT2D eigenvalue weighted by atomic mass is 16.5. The van der Waals surface area contributed by atoms with Crippen molar-refractivity contribution in [3.05, 3.63) is 29.8 Å². The first-order valence-electron chi connectivity index (χ1n) is 6.32. The molecule has 2 unspecified atom stereocenters. The zero-order chi connectivity index (χ0) is 13.1. The summed E-state index contributed by atoms with van der Waals surface area (Å²) in [7, 11) is 1.59. The highest BCUT2D eigenvalue weighted by Gasteiger charge is 2.29. The average Bonchev–Trinajstić information content (AvgIpc) is 2.41. The fourth-order valence-electron chi connectivity index (χ4n) is 2.32. The van der Waals surface area contributed by atoms with E-state index in [2.05, 4.69) is 19.2 Å². The molecule has 4 nitrogen and oxygen atoms in total. The molecule has 1 aromatic carbocycles. The molecule has 1 fully saturated rings. The molecule has 0 radical (unpaired) electrons. The summed E-state index contributed by atoms with van der Waals surface area (Å²) < 4.78 is 5.26. The van der Waals surface area contributed by atoms with Crippen LogP contribution in [0.25, 0.3) is 0 Å². The van der Waals surface area contributed by atoms with Crippen LogP contribution in [-0.2, 0) is 0 Å². The number of carbonyl (C=O) groups is 1.